The molecule has 2 atom stereocenters. The van der Waals surface area contributed by atoms with Gasteiger partial charge in [-0.2, -0.15) is 0 Å². The van der Waals surface area contributed by atoms with Crippen LogP contribution in [0, 0.1) is 0 Å². The highest BCUT2D eigenvalue weighted by molar-refractivity contribution is 5.79. The molecule has 0 aliphatic carbocycles. The molecule has 3 aromatic rings. The molecule has 0 aliphatic heterocycles. The van der Waals surface area contributed by atoms with Crippen molar-refractivity contribution in [2.45, 2.75) is 25.6 Å². The molecule has 1 amide bonds. The molecule has 0 aliphatic rings. The maximum absolute atomic E-state index is 12.5. The molecular formula is C21H23N2O2+. The number of carbonyl (C=O) groups is 1. The van der Waals surface area contributed by atoms with Crippen molar-refractivity contribution in [3.8, 4) is 0 Å². The Hall–Kier alpha value is -2.85. The summed E-state index contributed by atoms with van der Waals surface area (Å²) in [7, 11) is 0. The van der Waals surface area contributed by atoms with Crippen molar-refractivity contribution < 1.29 is 14.5 Å². The highest BCUT2D eigenvalue weighted by atomic mass is 16.3. The number of furan rings is 1. The zero-order valence-electron chi connectivity index (χ0n) is 14.3. The van der Waals surface area contributed by atoms with Crippen molar-refractivity contribution in [2.24, 2.45) is 0 Å². The summed E-state index contributed by atoms with van der Waals surface area (Å²) in [6.07, 6.45) is 1.67. The van der Waals surface area contributed by atoms with Gasteiger partial charge >= 0.3 is 0 Å². The standard InChI is InChI=1S/C21H22N2O2/c1-16(21(24)22-15-17-9-4-2-5-10-17)23-20(19-13-8-14-25-19)18-11-6-3-7-12-18/h2-14,16,20,23H,15H2,1H3,(H,22,24)/p+1/t16-,20-/m0/s1. The van der Waals surface area contributed by atoms with Crippen LogP contribution in [0.25, 0.3) is 0 Å². The Morgan fingerprint density at radius 1 is 1.00 bits per heavy atom. The molecule has 0 radical (unpaired) electrons. The summed E-state index contributed by atoms with van der Waals surface area (Å²) in [6.45, 7) is 2.45. The van der Waals surface area contributed by atoms with Gasteiger partial charge in [0.05, 0.1) is 6.26 Å². The van der Waals surface area contributed by atoms with Crippen LogP contribution in [0.3, 0.4) is 0 Å². The van der Waals surface area contributed by atoms with Gasteiger partial charge < -0.3 is 15.1 Å². The van der Waals surface area contributed by atoms with Crippen LogP contribution in [0.15, 0.2) is 83.5 Å². The number of nitrogens with one attached hydrogen (secondary N) is 1. The summed E-state index contributed by atoms with van der Waals surface area (Å²) in [4.78, 5) is 12.5. The number of quaternary nitrogens is 1. The third-order valence-corrected chi connectivity index (χ3v) is 4.21. The number of hydrogen-bond donors (Lipinski definition) is 2. The minimum absolute atomic E-state index is 0.0105. The fraction of sp³-hybridized carbons (Fsp3) is 0.190. The molecule has 0 unspecified atom stereocenters. The van der Waals surface area contributed by atoms with E-state index in [9.17, 15) is 4.79 Å². The first-order chi connectivity index (χ1) is 12.2. The topological polar surface area (TPSA) is 58.9 Å². The normalized spacial score (nSPS) is 13.2. The van der Waals surface area contributed by atoms with Crippen molar-refractivity contribution in [3.63, 3.8) is 0 Å². The van der Waals surface area contributed by atoms with Crippen LogP contribution in [0.5, 0.6) is 0 Å². The maximum Gasteiger partial charge on any atom is 0.278 e. The van der Waals surface area contributed by atoms with E-state index >= 15 is 0 Å². The Kier molecular flexibility index (Phi) is 5.65. The van der Waals surface area contributed by atoms with Crippen molar-refractivity contribution in [1.29, 1.82) is 0 Å². The van der Waals surface area contributed by atoms with E-state index in [0.29, 0.717) is 6.54 Å². The van der Waals surface area contributed by atoms with Crippen LogP contribution in [0.1, 0.15) is 29.9 Å². The predicted molar refractivity (Wildman–Crippen MR) is 96.7 cm³/mol. The highest BCUT2D eigenvalue weighted by Gasteiger charge is 2.26. The van der Waals surface area contributed by atoms with E-state index in [1.807, 2.05) is 72.9 Å². The Balaban J connectivity index is 1.66. The van der Waals surface area contributed by atoms with E-state index in [1.165, 1.54) is 0 Å². The maximum atomic E-state index is 12.5. The monoisotopic (exact) mass is 335 g/mol. The number of amides is 1. The van der Waals surface area contributed by atoms with Crippen LogP contribution in [-0.2, 0) is 11.3 Å². The lowest BCUT2D eigenvalue weighted by atomic mass is 10.0. The Morgan fingerprint density at radius 3 is 2.32 bits per heavy atom. The van der Waals surface area contributed by atoms with E-state index in [4.69, 9.17) is 4.42 Å². The van der Waals surface area contributed by atoms with Gasteiger partial charge in [0.2, 0.25) is 0 Å². The molecule has 0 saturated carbocycles. The molecule has 0 spiro atoms. The highest BCUT2D eigenvalue weighted by Crippen LogP contribution is 2.18. The van der Waals surface area contributed by atoms with Gasteiger partial charge in [0.15, 0.2) is 17.8 Å². The molecule has 4 nitrogen and oxygen atoms in total. The van der Waals surface area contributed by atoms with Gasteiger partial charge in [-0.15, -0.1) is 0 Å². The molecule has 1 heterocycles. The molecule has 3 rings (SSSR count). The van der Waals surface area contributed by atoms with Crippen LogP contribution < -0.4 is 10.6 Å². The molecule has 3 N–H and O–H groups in total. The van der Waals surface area contributed by atoms with Crippen molar-refractivity contribution >= 4 is 5.91 Å². The Labute approximate surface area is 147 Å². The first-order valence-corrected chi connectivity index (χ1v) is 8.49. The number of benzene rings is 2. The third-order valence-electron chi connectivity index (χ3n) is 4.21. The molecular weight excluding hydrogens is 312 g/mol. The number of carbonyl (C=O) groups excluding carboxylic acids is 1. The largest absolute Gasteiger partial charge is 0.463 e. The molecule has 2 aromatic carbocycles. The summed E-state index contributed by atoms with van der Waals surface area (Å²) in [5.74, 6) is 0.852. The SMILES string of the molecule is C[C@H]([NH2+][C@@H](c1ccccc1)c1ccco1)C(=O)NCc1ccccc1. The van der Waals surface area contributed by atoms with Crippen LogP contribution in [0.2, 0.25) is 0 Å². The average molecular weight is 335 g/mol. The first kappa shape index (κ1) is 17.0. The van der Waals surface area contributed by atoms with E-state index < -0.39 is 0 Å². The molecule has 0 saturated heterocycles. The van der Waals surface area contributed by atoms with Gasteiger partial charge in [0, 0.05) is 12.1 Å². The molecule has 0 bridgehead atoms. The summed E-state index contributed by atoms with van der Waals surface area (Å²) in [5, 5.41) is 5.04. The molecule has 4 heteroatoms. The molecule has 0 fully saturated rings. The summed E-state index contributed by atoms with van der Waals surface area (Å²) >= 11 is 0. The lowest BCUT2D eigenvalue weighted by Gasteiger charge is -2.18. The lowest BCUT2D eigenvalue weighted by molar-refractivity contribution is -0.706. The second-order valence-corrected chi connectivity index (χ2v) is 6.09. The zero-order chi connectivity index (χ0) is 17.5. The smallest absolute Gasteiger partial charge is 0.278 e. The van der Waals surface area contributed by atoms with Crippen molar-refractivity contribution in [1.82, 2.24) is 5.32 Å². The van der Waals surface area contributed by atoms with E-state index in [-0.39, 0.29) is 18.0 Å². The van der Waals surface area contributed by atoms with Crippen molar-refractivity contribution in [2.75, 3.05) is 0 Å². The number of nitrogens with two attached hydrogens (primary N) is 1. The zero-order valence-corrected chi connectivity index (χ0v) is 14.3. The first-order valence-electron chi connectivity index (χ1n) is 8.49. The molecule has 128 valence electrons. The van der Waals surface area contributed by atoms with Gasteiger partial charge in [0.25, 0.3) is 5.91 Å². The van der Waals surface area contributed by atoms with E-state index in [2.05, 4.69) is 17.4 Å². The fourth-order valence-electron chi connectivity index (χ4n) is 2.82. The minimum atomic E-state index is -0.237. The minimum Gasteiger partial charge on any atom is -0.463 e. The summed E-state index contributed by atoms with van der Waals surface area (Å²) in [6, 6.07) is 23.5. The van der Waals surface area contributed by atoms with E-state index in [0.717, 1.165) is 16.9 Å². The fourth-order valence-corrected chi connectivity index (χ4v) is 2.82. The number of rotatable bonds is 7. The summed E-state index contributed by atoms with van der Waals surface area (Å²) < 4.78 is 5.60. The molecule has 1 aromatic heterocycles. The number of hydrogen-bond acceptors (Lipinski definition) is 2. The van der Waals surface area contributed by atoms with Crippen LogP contribution in [-0.4, -0.2) is 11.9 Å². The van der Waals surface area contributed by atoms with Gasteiger partial charge in [-0.1, -0.05) is 60.7 Å². The molecule has 25 heavy (non-hydrogen) atoms. The van der Waals surface area contributed by atoms with Crippen LogP contribution >= 0.6 is 0 Å². The van der Waals surface area contributed by atoms with Gasteiger partial charge in [-0.3, -0.25) is 4.79 Å². The third kappa shape index (κ3) is 4.58. The summed E-state index contributed by atoms with van der Waals surface area (Å²) in [5.41, 5.74) is 2.20. The quantitative estimate of drug-likeness (QED) is 0.697. The van der Waals surface area contributed by atoms with Crippen LogP contribution in [0.4, 0.5) is 0 Å². The second-order valence-electron chi connectivity index (χ2n) is 6.09. The Bertz CT molecular complexity index is 770. The Morgan fingerprint density at radius 2 is 1.68 bits per heavy atom. The van der Waals surface area contributed by atoms with Gasteiger partial charge in [0.1, 0.15) is 0 Å². The lowest BCUT2D eigenvalue weighted by Crippen LogP contribution is -2.92. The predicted octanol–water partition coefficient (Wildman–Crippen LogP) is 2.64. The average Bonchev–Trinajstić information content (AvgIpc) is 3.20. The second kappa shape index (κ2) is 8.31. The van der Waals surface area contributed by atoms with Gasteiger partial charge in [-0.05, 0) is 24.6 Å². The van der Waals surface area contributed by atoms with Crippen molar-refractivity contribution in [3.05, 3.63) is 95.9 Å². The van der Waals surface area contributed by atoms with Gasteiger partial charge in [-0.25, -0.2) is 0 Å². The van der Waals surface area contributed by atoms with E-state index in [1.54, 1.807) is 6.26 Å².